The summed E-state index contributed by atoms with van der Waals surface area (Å²) in [6.07, 6.45) is 3.68. The number of piperazine rings is 1. The van der Waals surface area contributed by atoms with Crippen LogP contribution < -0.4 is 20.6 Å². The number of ether oxygens (including phenoxy) is 1. The van der Waals surface area contributed by atoms with Gasteiger partial charge in [-0.15, -0.1) is 0 Å². The third-order valence-corrected chi connectivity index (χ3v) is 7.75. The molecule has 2 aliphatic heterocycles. The Kier molecular flexibility index (Phi) is 5.23. The summed E-state index contributed by atoms with van der Waals surface area (Å²) in [4.78, 5) is 29.7. The van der Waals surface area contributed by atoms with Gasteiger partial charge in [0, 0.05) is 37.3 Å². The smallest absolute Gasteiger partial charge is 0.355 e. The summed E-state index contributed by atoms with van der Waals surface area (Å²) in [7, 11) is 0. The maximum atomic E-state index is 16.3. The Hall–Kier alpha value is -3.92. The van der Waals surface area contributed by atoms with Gasteiger partial charge in [0.1, 0.15) is 29.3 Å². The summed E-state index contributed by atoms with van der Waals surface area (Å²) < 4.78 is 39.0. The van der Waals surface area contributed by atoms with E-state index in [1.54, 1.807) is 25.3 Å². The van der Waals surface area contributed by atoms with Crippen LogP contribution in [0.3, 0.4) is 0 Å². The van der Waals surface area contributed by atoms with Gasteiger partial charge in [-0.05, 0) is 49.9 Å². The highest BCUT2D eigenvalue weighted by Gasteiger charge is 2.36. The summed E-state index contributed by atoms with van der Waals surface area (Å²) in [5.41, 5.74) is 2.23. The number of aryl methyl sites for hydroxylation is 2. The van der Waals surface area contributed by atoms with Crippen molar-refractivity contribution in [1.82, 2.24) is 24.8 Å². The molecule has 3 aromatic heterocycles. The molecule has 1 aliphatic carbocycles. The fraction of sp³-hybridized carbons (Fsp3) is 0.357. The normalized spacial score (nSPS) is 18.7. The minimum absolute atomic E-state index is 0.0399. The Balaban J connectivity index is 1.64. The molecule has 10 heteroatoms. The van der Waals surface area contributed by atoms with Crippen molar-refractivity contribution in [2.75, 3.05) is 31.1 Å². The maximum absolute atomic E-state index is 16.3. The van der Waals surface area contributed by atoms with E-state index in [2.05, 4.69) is 15.3 Å². The second-order valence-electron chi connectivity index (χ2n) is 10.3. The zero-order valence-corrected chi connectivity index (χ0v) is 21.1. The molecule has 0 bridgehead atoms. The average molecular weight is 517 g/mol. The molecular weight excluding hydrogens is 490 g/mol. The Morgan fingerprint density at radius 2 is 1.95 bits per heavy atom. The second kappa shape index (κ2) is 8.56. The van der Waals surface area contributed by atoms with E-state index in [1.165, 1.54) is 10.6 Å². The van der Waals surface area contributed by atoms with Crippen LogP contribution in [0, 0.1) is 25.5 Å². The summed E-state index contributed by atoms with van der Waals surface area (Å²) in [5.74, 6) is -0.857. The van der Waals surface area contributed by atoms with Crippen molar-refractivity contribution in [3.63, 3.8) is 0 Å². The van der Waals surface area contributed by atoms with Gasteiger partial charge < -0.3 is 15.0 Å². The molecule has 1 aromatic carbocycles. The predicted octanol–water partition coefficient (Wildman–Crippen LogP) is 3.79. The highest BCUT2D eigenvalue weighted by molar-refractivity contribution is 5.96. The van der Waals surface area contributed by atoms with E-state index in [0.29, 0.717) is 42.1 Å². The molecule has 194 valence electrons. The van der Waals surface area contributed by atoms with E-state index in [1.807, 2.05) is 17.9 Å². The van der Waals surface area contributed by atoms with Gasteiger partial charge in [0.05, 0.1) is 17.4 Å². The Bertz CT molecular complexity index is 1660. The molecule has 38 heavy (non-hydrogen) atoms. The molecule has 0 unspecified atom stereocenters. The van der Waals surface area contributed by atoms with Gasteiger partial charge in [-0.1, -0.05) is 12.1 Å². The zero-order valence-electron chi connectivity index (χ0n) is 21.1. The third-order valence-electron chi connectivity index (χ3n) is 7.75. The second-order valence-corrected chi connectivity index (χ2v) is 10.3. The van der Waals surface area contributed by atoms with Crippen molar-refractivity contribution >= 4 is 16.9 Å². The summed E-state index contributed by atoms with van der Waals surface area (Å²) in [5, 5.41) is 3.64. The number of anilines is 1. The predicted molar refractivity (Wildman–Crippen MR) is 139 cm³/mol. The summed E-state index contributed by atoms with van der Waals surface area (Å²) in [6.45, 7) is 5.66. The Morgan fingerprint density at radius 3 is 2.74 bits per heavy atom. The van der Waals surface area contributed by atoms with E-state index in [0.717, 1.165) is 24.1 Å². The SMILES string of the molecule is Cc1cccc(F)c1-c1nc2c3c(nc(=O)n2-c2c(C)ccnc2C2CC2)N2CCNC[C@@H]2COc3c1F. The number of nitrogens with one attached hydrogen (secondary N) is 1. The van der Waals surface area contributed by atoms with Crippen molar-refractivity contribution < 1.29 is 13.5 Å². The van der Waals surface area contributed by atoms with E-state index >= 15 is 8.78 Å². The molecule has 1 atom stereocenters. The average Bonchev–Trinajstić information content (AvgIpc) is 3.75. The molecule has 5 heterocycles. The lowest BCUT2D eigenvalue weighted by Crippen LogP contribution is -2.54. The topological polar surface area (TPSA) is 85.2 Å². The number of nitrogens with zero attached hydrogens (tertiary/aromatic N) is 5. The summed E-state index contributed by atoms with van der Waals surface area (Å²) in [6, 6.07) is 6.24. The van der Waals surface area contributed by atoms with Gasteiger partial charge in [-0.2, -0.15) is 4.98 Å². The van der Waals surface area contributed by atoms with Crippen molar-refractivity contribution in [1.29, 1.82) is 0 Å². The monoisotopic (exact) mass is 516 g/mol. The molecule has 8 nitrogen and oxygen atoms in total. The highest BCUT2D eigenvalue weighted by atomic mass is 19.1. The first kappa shape index (κ1) is 23.2. The molecular formula is C28H26F2N6O2. The summed E-state index contributed by atoms with van der Waals surface area (Å²) >= 11 is 0. The number of pyridine rings is 2. The Labute approximate surface area is 217 Å². The minimum atomic E-state index is -0.767. The molecule has 7 rings (SSSR count). The van der Waals surface area contributed by atoms with E-state index in [-0.39, 0.29) is 41.2 Å². The fourth-order valence-electron chi connectivity index (χ4n) is 5.71. The first-order valence-corrected chi connectivity index (χ1v) is 12.9. The van der Waals surface area contributed by atoms with Crippen LogP contribution in [0.25, 0.3) is 28.0 Å². The van der Waals surface area contributed by atoms with Crippen LogP contribution in [0.4, 0.5) is 14.6 Å². The molecule has 1 saturated heterocycles. The van der Waals surface area contributed by atoms with Gasteiger partial charge in [-0.3, -0.25) is 4.98 Å². The van der Waals surface area contributed by atoms with Gasteiger partial charge in [0.2, 0.25) is 0 Å². The van der Waals surface area contributed by atoms with Crippen molar-refractivity contribution in [2.45, 2.75) is 38.6 Å². The number of rotatable bonds is 3. The van der Waals surface area contributed by atoms with Crippen LogP contribution in [-0.4, -0.2) is 51.8 Å². The van der Waals surface area contributed by atoms with E-state index < -0.39 is 17.3 Å². The van der Waals surface area contributed by atoms with Crippen LogP contribution in [0.1, 0.15) is 35.6 Å². The zero-order chi connectivity index (χ0) is 26.1. The van der Waals surface area contributed by atoms with Crippen molar-refractivity contribution in [3.8, 4) is 22.7 Å². The molecule has 2 fully saturated rings. The lowest BCUT2D eigenvalue weighted by molar-refractivity contribution is 0.264. The fourth-order valence-corrected chi connectivity index (χ4v) is 5.71. The quantitative estimate of drug-likeness (QED) is 0.444. The van der Waals surface area contributed by atoms with Crippen LogP contribution in [0.5, 0.6) is 5.75 Å². The molecule has 1 saturated carbocycles. The van der Waals surface area contributed by atoms with E-state index in [9.17, 15) is 4.79 Å². The van der Waals surface area contributed by atoms with Crippen LogP contribution in [-0.2, 0) is 0 Å². The number of fused-ring (bicyclic) bond motifs is 2. The lowest BCUT2D eigenvalue weighted by atomic mass is 10.0. The largest absolute Gasteiger partial charge is 0.487 e. The van der Waals surface area contributed by atoms with Crippen molar-refractivity contribution in [2.24, 2.45) is 0 Å². The highest BCUT2D eigenvalue weighted by Crippen LogP contribution is 2.45. The number of halogens is 2. The van der Waals surface area contributed by atoms with Crippen LogP contribution in [0.2, 0.25) is 0 Å². The van der Waals surface area contributed by atoms with E-state index in [4.69, 9.17) is 9.72 Å². The van der Waals surface area contributed by atoms with Gasteiger partial charge >= 0.3 is 5.69 Å². The first-order valence-electron chi connectivity index (χ1n) is 12.9. The van der Waals surface area contributed by atoms with Crippen molar-refractivity contribution in [3.05, 3.63) is 69.4 Å². The lowest BCUT2D eigenvalue weighted by Gasteiger charge is -2.35. The first-order chi connectivity index (χ1) is 18.4. The van der Waals surface area contributed by atoms with Gasteiger partial charge in [0.25, 0.3) is 0 Å². The molecule has 0 amide bonds. The van der Waals surface area contributed by atoms with Gasteiger partial charge in [-0.25, -0.2) is 23.1 Å². The maximum Gasteiger partial charge on any atom is 0.355 e. The number of aromatic nitrogens is 4. The van der Waals surface area contributed by atoms with Crippen LogP contribution >= 0.6 is 0 Å². The number of benzene rings is 1. The molecule has 3 aliphatic rings. The van der Waals surface area contributed by atoms with Gasteiger partial charge in [0.15, 0.2) is 17.2 Å². The third kappa shape index (κ3) is 3.43. The minimum Gasteiger partial charge on any atom is -0.487 e. The molecule has 4 aromatic rings. The molecule has 1 N–H and O–H groups in total. The number of hydrogen-bond donors (Lipinski definition) is 1. The number of hydrogen-bond acceptors (Lipinski definition) is 7. The Morgan fingerprint density at radius 1 is 1.11 bits per heavy atom. The van der Waals surface area contributed by atoms with Crippen LogP contribution in [0.15, 0.2) is 35.3 Å². The molecule has 0 radical (unpaired) electrons. The standard InChI is InChI=1S/C28H26F2N6O2/c1-14-4-3-5-18(29)19(14)23-21(30)25-20-26(35-11-10-31-12-17(35)13-38-25)34-28(37)36(27(20)33-23)24-15(2)8-9-32-22(24)16-6-7-16/h3-5,8-9,16-17,31H,6-7,10-13H2,1-2H3/t17-/m1/s1. The molecule has 0 spiro atoms.